The van der Waals surface area contributed by atoms with Gasteiger partial charge in [0, 0.05) is 7.11 Å². The van der Waals surface area contributed by atoms with Gasteiger partial charge in [-0.2, -0.15) is 13.2 Å². The van der Waals surface area contributed by atoms with Crippen molar-refractivity contribution in [2.75, 3.05) is 21.3 Å². The number of methoxy groups -OCH3 is 3. The summed E-state index contributed by atoms with van der Waals surface area (Å²) in [6.45, 7) is 0. The number of carbonyl (C=O) groups excluding carboxylic acids is 2. The van der Waals surface area contributed by atoms with Crippen LogP contribution in [0.1, 0.15) is 0 Å². The van der Waals surface area contributed by atoms with Crippen LogP contribution in [-0.4, -0.2) is 62.7 Å². The number of hydrogen-bond donors (Lipinski definition) is 2. The number of carboxylic acids is 1. The molecule has 0 unspecified atom stereocenters. The molecular formula is C9H14F3NO7. The molecule has 0 radical (unpaired) electrons. The molecule has 0 rings (SSSR count). The molecule has 0 aliphatic heterocycles. The summed E-state index contributed by atoms with van der Waals surface area (Å²) in [4.78, 5) is 30.8. The molecule has 0 aromatic carbocycles. The van der Waals surface area contributed by atoms with Crippen molar-refractivity contribution in [2.24, 2.45) is 5.73 Å². The largest absolute Gasteiger partial charge is 0.490 e. The fraction of sp³-hybridized carbons (Fsp3) is 0.667. The Kier molecular flexibility index (Phi) is 9.29. The molecule has 0 amide bonds. The summed E-state index contributed by atoms with van der Waals surface area (Å²) in [5.74, 6) is -4.19. The second-order valence-corrected chi connectivity index (χ2v) is 3.03. The summed E-state index contributed by atoms with van der Waals surface area (Å²) in [7, 11) is 3.61. The van der Waals surface area contributed by atoms with Gasteiger partial charge in [0.15, 0.2) is 6.10 Å². The minimum absolute atomic E-state index is 0.708. The molecule has 0 aliphatic carbocycles. The molecular weight excluding hydrogens is 291 g/mol. The number of rotatable bonds is 4. The molecule has 2 atom stereocenters. The minimum atomic E-state index is -5.08. The maximum atomic E-state index is 11.0. The van der Waals surface area contributed by atoms with Gasteiger partial charge in [0.25, 0.3) is 0 Å². The van der Waals surface area contributed by atoms with Crippen LogP contribution in [0.3, 0.4) is 0 Å². The van der Waals surface area contributed by atoms with Crippen molar-refractivity contribution in [3.05, 3.63) is 0 Å². The second kappa shape index (κ2) is 9.09. The molecule has 0 fully saturated rings. The Morgan fingerprint density at radius 1 is 1.05 bits per heavy atom. The van der Waals surface area contributed by atoms with E-state index < -0.39 is 36.2 Å². The van der Waals surface area contributed by atoms with Crippen molar-refractivity contribution in [1.82, 2.24) is 0 Å². The zero-order valence-corrected chi connectivity index (χ0v) is 10.8. The Labute approximate surface area is 111 Å². The van der Waals surface area contributed by atoms with Gasteiger partial charge in [-0.05, 0) is 0 Å². The van der Waals surface area contributed by atoms with Gasteiger partial charge in [0.2, 0.25) is 0 Å². The highest BCUT2D eigenvalue weighted by molar-refractivity contribution is 5.86. The van der Waals surface area contributed by atoms with Crippen LogP contribution in [0.4, 0.5) is 13.2 Å². The molecule has 0 saturated heterocycles. The van der Waals surface area contributed by atoms with E-state index in [4.69, 9.17) is 15.6 Å². The summed E-state index contributed by atoms with van der Waals surface area (Å²) in [5.41, 5.74) is 5.36. The SMILES string of the molecule is COC(=O)[C@@H](N)[C@H](OC)C(=O)OC.O=C(O)C(F)(F)F. The molecule has 0 aliphatic rings. The van der Waals surface area contributed by atoms with E-state index in [0.717, 1.165) is 0 Å². The van der Waals surface area contributed by atoms with Crippen LogP contribution in [0.5, 0.6) is 0 Å². The molecule has 20 heavy (non-hydrogen) atoms. The van der Waals surface area contributed by atoms with Crippen molar-refractivity contribution in [2.45, 2.75) is 18.3 Å². The predicted octanol–water partition coefficient (Wildman–Crippen LogP) is -0.692. The normalized spacial score (nSPS) is 13.3. The summed E-state index contributed by atoms with van der Waals surface area (Å²) in [6, 6.07) is -1.16. The van der Waals surface area contributed by atoms with Crippen molar-refractivity contribution in [3.63, 3.8) is 0 Å². The highest BCUT2D eigenvalue weighted by Gasteiger charge is 2.38. The number of hydrogen-bond acceptors (Lipinski definition) is 7. The lowest BCUT2D eigenvalue weighted by Gasteiger charge is -2.17. The molecule has 0 bridgehead atoms. The van der Waals surface area contributed by atoms with Crippen LogP contribution in [-0.2, 0) is 28.6 Å². The Morgan fingerprint density at radius 3 is 1.60 bits per heavy atom. The van der Waals surface area contributed by atoms with E-state index in [0.29, 0.717) is 0 Å². The standard InChI is InChI=1S/C7H13NO5.C2HF3O2/c1-11-5(7(10)13-3)4(8)6(9)12-2;3-2(4,5)1(6)7/h4-5H,8H2,1-3H3;(H,6,7)/t4-,5-;/m0./s1. The van der Waals surface area contributed by atoms with Crippen LogP contribution in [0.25, 0.3) is 0 Å². The van der Waals surface area contributed by atoms with E-state index in [9.17, 15) is 22.8 Å². The van der Waals surface area contributed by atoms with Crippen molar-refractivity contribution < 1.29 is 46.9 Å². The van der Waals surface area contributed by atoms with Crippen LogP contribution >= 0.6 is 0 Å². The lowest BCUT2D eigenvalue weighted by Crippen LogP contribution is -2.48. The smallest absolute Gasteiger partial charge is 0.475 e. The lowest BCUT2D eigenvalue weighted by molar-refractivity contribution is -0.192. The number of carbonyl (C=O) groups is 3. The number of ether oxygens (including phenoxy) is 3. The van der Waals surface area contributed by atoms with Crippen LogP contribution in [0.15, 0.2) is 0 Å². The van der Waals surface area contributed by atoms with Crippen molar-refractivity contribution in [3.8, 4) is 0 Å². The van der Waals surface area contributed by atoms with Gasteiger partial charge in [-0.15, -0.1) is 0 Å². The highest BCUT2D eigenvalue weighted by atomic mass is 19.4. The van der Waals surface area contributed by atoms with Crippen LogP contribution in [0.2, 0.25) is 0 Å². The number of halogens is 3. The van der Waals surface area contributed by atoms with E-state index in [1.54, 1.807) is 0 Å². The Bertz CT molecular complexity index is 345. The van der Waals surface area contributed by atoms with Gasteiger partial charge >= 0.3 is 24.1 Å². The van der Waals surface area contributed by atoms with Gasteiger partial charge in [0.1, 0.15) is 6.04 Å². The van der Waals surface area contributed by atoms with Gasteiger partial charge in [-0.1, -0.05) is 0 Å². The molecule has 0 aromatic rings. The summed E-state index contributed by atoms with van der Waals surface area (Å²) in [5, 5.41) is 7.12. The third-order valence-corrected chi connectivity index (χ3v) is 1.73. The van der Waals surface area contributed by atoms with E-state index in [1.165, 1.54) is 21.3 Å². The molecule has 11 heteroatoms. The monoisotopic (exact) mass is 305 g/mol. The van der Waals surface area contributed by atoms with E-state index >= 15 is 0 Å². The molecule has 3 N–H and O–H groups in total. The summed E-state index contributed by atoms with van der Waals surface area (Å²) < 4.78 is 45.1. The Morgan fingerprint density at radius 2 is 1.40 bits per heavy atom. The first kappa shape index (κ1) is 20.4. The number of carboxylic acid groups (broad SMARTS) is 1. The summed E-state index contributed by atoms with van der Waals surface area (Å²) in [6.07, 6.45) is -6.21. The van der Waals surface area contributed by atoms with E-state index in [1.807, 2.05) is 0 Å². The summed E-state index contributed by atoms with van der Waals surface area (Å²) >= 11 is 0. The zero-order chi connectivity index (χ0) is 16.5. The maximum Gasteiger partial charge on any atom is 0.490 e. The van der Waals surface area contributed by atoms with Crippen molar-refractivity contribution >= 4 is 17.9 Å². The molecule has 118 valence electrons. The molecule has 0 heterocycles. The number of aliphatic carboxylic acids is 1. The molecule has 0 spiro atoms. The maximum absolute atomic E-state index is 11.0. The van der Waals surface area contributed by atoms with E-state index in [2.05, 4.69) is 14.2 Å². The van der Waals surface area contributed by atoms with Crippen LogP contribution < -0.4 is 5.73 Å². The topological polar surface area (TPSA) is 125 Å². The first-order valence-electron chi connectivity index (χ1n) is 4.77. The first-order chi connectivity index (χ1) is 9.02. The number of nitrogens with two attached hydrogens (primary N) is 1. The third-order valence-electron chi connectivity index (χ3n) is 1.73. The molecule has 8 nitrogen and oxygen atoms in total. The van der Waals surface area contributed by atoms with E-state index in [-0.39, 0.29) is 0 Å². The van der Waals surface area contributed by atoms with Crippen LogP contribution in [0, 0.1) is 0 Å². The second-order valence-electron chi connectivity index (χ2n) is 3.03. The van der Waals surface area contributed by atoms with Gasteiger partial charge in [-0.3, -0.25) is 4.79 Å². The minimum Gasteiger partial charge on any atom is -0.475 e. The highest BCUT2D eigenvalue weighted by Crippen LogP contribution is 2.13. The van der Waals surface area contributed by atoms with Gasteiger partial charge < -0.3 is 25.1 Å². The fourth-order valence-electron chi connectivity index (χ4n) is 0.765. The first-order valence-corrected chi connectivity index (χ1v) is 4.77. The fourth-order valence-corrected chi connectivity index (χ4v) is 0.765. The number of alkyl halides is 3. The quantitative estimate of drug-likeness (QED) is 0.654. The average molecular weight is 305 g/mol. The lowest BCUT2D eigenvalue weighted by atomic mass is 10.2. The Balaban J connectivity index is 0. The predicted molar refractivity (Wildman–Crippen MR) is 56.5 cm³/mol. The average Bonchev–Trinajstić information content (AvgIpc) is 2.37. The Hall–Kier alpha value is -1.88. The van der Waals surface area contributed by atoms with Gasteiger partial charge in [-0.25, -0.2) is 9.59 Å². The molecule has 0 saturated carbocycles. The number of esters is 2. The molecule has 0 aromatic heterocycles. The third kappa shape index (κ3) is 7.53. The van der Waals surface area contributed by atoms with Gasteiger partial charge in [0.05, 0.1) is 14.2 Å². The zero-order valence-electron chi connectivity index (χ0n) is 10.8. The van der Waals surface area contributed by atoms with Crippen molar-refractivity contribution in [1.29, 1.82) is 0 Å².